The topological polar surface area (TPSA) is 75.3 Å². The summed E-state index contributed by atoms with van der Waals surface area (Å²) in [6.45, 7) is 7.32. The first-order valence-corrected chi connectivity index (χ1v) is 7.41. The average Bonchev–Trinajstić information content (AvgIpc) is 2.97. The van der Waals surface area contributed by atoms with Crippen LogP contribution in [0.4, 0.5) is 0 Å². The summed E-state index contributed by atoms with van der Waals surface area (Å²) in [4.78, 5) is 8.63. The number of rotatable bonds is 5. The highest BCUT2D eigenvalue weighted by Crippen LogP contribution is 2.13. The Bertz CT molecular complexity index is 639. The van der Waals surface area contributed by atoms with E-state index in [1.807, 2.05) is 31.2 Å². The molecule has 23 heavy (non-hydrogen) atoms. The summed E-state index contributed by atoms with van der Waals surface area (Å²) in [5, 5.41) is 10.5. The van der Waals surface area contributed by atoms with Gasteiger partial charge >= 0.3 is 0 Å². The number of hydrogen-bond acceptors (Lipinski definition) is 4. The van der Waals surface area contributed by atoms with Crippen molar-refractivity contribution in [1.82, 2.24) is 20.8 Å². The molecule has 0 unspecified atom stereocenters. The zero-order chi connectivity index (χ0) is 15.9. The second kappa shape index (κ2) is 9.49. The van der Waals surface area contributed by atoms with E-state index < -0.39 is 0 Å². The molecule has 7 heteroatoms. The normalized spacial score (nSPS) is 11.3. The van der Waals surface area contributed by atoms with Crippen molar-refractivity contribution in [2.45, 2.75) is 39.8 Å². The Balaban J connectivity index is 0.00000264. The molecule has 6 nitrogen and oxygen atoms in total. The fourth-order valence-electron chi connectivity index (χ4n) is 1.95. The number of hydrogen-bond donors (Lipinski definition) is 2. The van der Waals surface area contributed by atoms with Gasteiger partial charge in [0.1, 0.15) is 0 Å². The van der Waals surface area contributed by atoms with Crippen molar-refractivity contribution >= 4 is 29.9 Å². The Morgan fingerprint density at radius 1 is 1.26 bits per heavy atom. The average molecular weight is 429 g/mol. The Kier molecular flexibility index (Phi) is 8.01. The van der Waals surface area contributed by atoms with Gasteiger partial charge in [-0.1, -0.05) is 25.1 Å². The maximum Gasteiger partial charge on any atom is 0.191 e. The third kappa shape index (κ3) is 6.17. The number of aryl methyl sites for hydroxylation is 1. The van der Waals surface area contributed by atoms with Gasteiger partial charge < -0.3 is 15.2 Å². The van der Waals surface area contributed by atoms with Crippen LogP contribution in [-0.2, 0) is 13.1 Å². The molecular weight excluding hydrogens is 405 g/mol. The van der Waals surface area contributed by atoms with Crippen LogP contribution in [0.25, 0.3) is 0 Å². The lowest BCUT2D eigenvalue weighted by Gasteiger charge is -2.10. The van der Waals surface area contributed by atoms with Crippen molar-refractivity contribution < 1.29 is 4.52 Å². The van der Waals surface area contributed by atoms with Crippen LogP contribution in [0.1, 0.15) is 42.6 Å². The molecule has 2 aromatic rings. The van der Waals surface area contributed by atoms with Crippen molar-refractivity contribution in [3.63, 3.8) is 0 Å². The summed E-state index contributed by atoms with van der Waals surface area (Å²) in [6.07, 6.45) is 0. The monoisotopic (exact) mass is 429 g/mol. The zero-order valence-corrected chi connectivity index (χ0v) is 16.3. The summed E-state index contributed by atoms with van der Waals surface area (Å²) in [5.41, 5.74) is 2.94. The number of aromatic nitrogens is 2. The number of guanidine groups is 1. The smallest absolute Gasteiger partial charge is 0.191 e. The lowest BCUT2D eigenvalue weighted by molar-refractivity contribution is 0.372. The van der Waals surface area contributed by atoms with Crippen LogP contribution < -0.4 is 10.6 Å². The van der Waals surface area contributed by atoms with Gasteiger partial charge in [0, 0.05) is 18.8 Å². The lowest BCUT2D eigenvalue weighted by atomic mass is 10.1. The standard InChI is InChI=1S/C16H23N5O.HI/c1-11(2)15-8-14(22-21-15)10-19-16(17-4)18-9-13-7-5-6-12(3)20-13;/h5-8,11H,9-10H2,1-4H3,(H2,17,18,19);1H. The molecule has 2 N–H and O–H groups in total. The molecule has 0 amide bonds. The van der Waals surface area contributed by atoms with Gasteiger partial charge in [-0.15, -0.1) is 24.0 Å². The first-order chi connectivity index (χ1) is 10.6. The van der Waals surface area contributed by atoms with Gasteiger partial charge in [-0.3, -0.25) is 9.98 Å². The Labute approximate surface area is 154 Å². The molecule has 0 aromatic carbocycles. The van der Waals surface area contributed by atoms with E-state index in [0.29, 0.717) is 25.0 Å². The molecular formula is C16H24IN5O. The van der Waals surface area contributed by atoms with E-state index in [-0.39, 0.29) is 24.0 Å². The van der Waals surface area contributed by atoms with E-state index in [2.05, 4.69) is 39.6 Å². The highest BCUT2D eigenvalue weighted by atomic mass is 127. The van der Waals surface area contributed by atoms with Crippen molar-refractivity contribution in [3.05, 3.63) is 47.1 Å². The quantitative estimate of drug-likeness (QED) is 0.434. The molecule has 0 atom stereocenters. The number of pyridine rings is 1. The van der Waals surface area contributed by atoms with Crippen LogP contribution in [0.2, 0.25) is 0 Å². The first kappa shape index (κ1) is 19.4. The summed E-state index contributed by atoms with van der Waals surface area (Å²) in [7, 11) is 1.74. The van der Waals surface area contributed by atoms with Gasteiger partial charge in [0.25, 0.3) is 0 Å². The molecule has 2 aromatic heterocycles. The Morgan fingerprint density at radius 2 is 2.00 bits per heavy atom. The van der Waals surface area contributed by atoms with Crippen LogP contribution in [0, 0.1) is 6.92 Å². The molecule has 2 rings (SSSR count). The summed E-state index contributed by atoms with van der Waals surface area (Å²) in [5.74, 6) is 1.86. The zero-order valence-electron chi connectivity index (χ0n) is 14.0. The van der Waals surface area contributed by atoms with Crippen LogP contribution in [0.3, 0.4) is 0 Å². The van der Waals surface area contributed by atoms with Crippen LogP contribution in [-0.4, -0.2) is 23.1 Å². The molecule has 0 bridgehead atoms. The van der Waals surface area contributed by atoms with Crippen molar-refractivity contribution in [2.75, 3.05) is 7.05 Å². The second-order valence-corrected chi connectivity index (χ2v) is 5.42. The van der Waals surface area contributed by atoms with Crippen molar-refractivity contribution in [1.29, 1.82) is 0 Å². The minimum Gasteiger partial charge on any atom is -0.359 e. The third-order valence-electron chi connectivity index (χ3n) is 3.21. The highest BCUT2D eigenvalue weighted by Gasteiger charge is 2.08. The molecule has 0 radical (unpaired) electrons. The molecule has 0 spiro atoms. The van der Waals surface area contributed by atoms with Crippen molar-refractivity contribution in [3.8, 4) is 0 Å². The molecule has 0 saturated carbocycles. The number of nitrogens with zero attached hydrogens (tertiary/aromatic N) is 3. The number of halogens is 1. The van der Waals surface area contributed by atoms with E-state index in [1.54, 1.807) is 7.05 Å². The highest BCUT2D eigenvalue weighted by molar-refractivity contribution is 14.0. The number of nitrogens with one attached hydrogen (secondary N) is 2. The van der Waals surface area contributed by atoms with Gasteiger partial charge in [-0.05, 0) is 25.0 Å². The van der Waals surface area contributed by atoms with E-state index in [9.17, 15) is 0 Å². The van der Waals surface area contributed by atoms with Crippen LogP contribution in [0.15, 0.2) is 33.8 Å². The first-order valence-electron chi connectivity index (χ1n) is 7.41. The van der Waals surface area contributed by atoms with Gasteiger partial charge in [0.2, 0.25) is 0 Å². The minimum absolute atomic E-state index is 0. The molecule has 0 saturated heterocycles. The molecule has 0 aliphatic heterocycles. The summed E-state index contributed by atoms with van der Waals surface area (Å²) in [6, 6.07) is 7.93. The summed E-state index contributed by atoms with van der Waals surface area (Å²) >= 11 is 0. The lowest BCUT2D eigenvalue weighted by Crippen LogP contribution is -2.36. The fraction of sp³-hybridized carbons (Fsp3) is 0.438. The van der Waals surface area contributed by atoms with Gasteiger partial charge in [-0.2, -0.15) is 0 Å². The van der Waals surface area contributed by atoms with Gasteiger partial charge in [0.05, 0.1) is 24.5 Å². The minimum atomic E-state index is 0. The molecule has 2 heterocycles. The maximum absolute atomic E-state index is 5.29. The van der Waals surface area contributed by atoms with Gasteiger partial charge in [-0.25, -0.2) is 0 Å². The molecule has 0 aliphatic carbocycles. The SMILES string of the molecule is CN=C(NCc1cccc(C)n1)NCc1cc(C(C)C)no1.I. The van der Waals surface area contributed by atoms with E-state index in [1.165, 1.54) is 0 Å². The molecule has 126 valence electrons. The molecule has 0 aliphatic rings. The van der Waals surface area contributed by atoms with E-state index in [4.69, 9.17) is 4.52 Å². The largest absolute Gasteiger partial charge is 0.359 e. The van der Waals surface area contributed by atoms with Crippen LogP contribution >= 0.6 is 24.0 Å². The Hall–Kier alpha value is -1.64. The van der Waals surface area contributed by atoms with E-state index in [0.717, 1.165) is 22.8 Å². The number of aliphatic imine (C=N–C) groups is 1. The molecule has 0 fully saturated rings. The summed E-state index contributed by atoms with van der Waals surface area (Å²) < 4.78 is 5.29. The van der Waals surface area contributed by atoms with Gasteiger partial charge in [0.15, 0.2) is 11.7 Å². The third-order valence-corrected chi connectivity index (χ3v) is 3.21. The maximum atomic E-state index is 5.29. The Morgan fingerprint density at radius 3 is 2.61 bits per heavy atom. The van der Waals surface area contributed by atoms with Crippen molar-refractivity contribution in [2.24, 2.45) is 4.99 Å². The predicted molar refractivity (Wildman–Crippen MR) is 102 cm³/mol. The van der Waals surface area contributed by atoms with Crippen LogP contribution in [0.5, 0.6) is 0 Å². The fourth-order valence-corrected chi connectivity index (χ4v) is 1.95. The second-order valence-electron chi connectivity index (χ2n) is 5.42. The van der Waals surface area contributed by atoms with E-state index >= 15 is 0 Å². The predicted octanol–water partition coefficient (Wildman–Crippen LogP) is 2.98.